The van der Waals surface area contributed by atoms with Gasteiger partial charge in [-0.05, 0) is 50.7 Å². The molecule has 0 aliphatic carbocycles. The van der Waals surface area contributed by atoms with E-state index in [-0.39, 0.29) is 70.2 Å². The molecule has 0 spiro atoms. The Balaban J connectivity index is 0.0000410. The molecule has 0 heterocycles. The predicted molar refractivity (Wildman–Crippen MR) is 269 cm³/mol. The van der Waals surface area contributed by atoms with Crippen LogP contribution >= 0.6 is 0 Å². The Morgan fingerprint density at radius 2 is 0.708 bits per heavy atom. The third-order valence-electron chi connectivity index (χ3n) is 12.5. The Morgan fingerprint density at radius 3 is 1.02 bits per heavy atom. The second-order valence-corrected chi connectivity index (χ2v) is 19.9. The number of hydrogen-bond donors (Lipinski definition) is 0. The molecule has 0 N–H and O–H groups in total. The number of rotatable bonds is 47. The van der Waals surface area contributed by atoms with Crippen LogP contribution in [-0.4, -0.2) is 38.1 Å². The fraction of sp³-hybridized carbons (Fsp3) is 0.786. The van der Waals surface area contributed by atoms with Crippen LogP contribution in [0.15, 0.2) is 47.4 Å². The van der Waals surface area contributed by atoms with E-state index >= 15 is 0 Å². The Kier molecular flexibility index (Phi) is 47.6. The maximum absolute atomic E-state index is 13.1. The molecular formula is C56H97KO7S. The number of carbonyl (C=O) groups excluding carboxylic acids is 2. The van der Waals surface area contributed by atoms with Crippen LogP contribution in [0, 0.1) is 0 Å². The maximum atomic E-state index is 13.1. The van der Waals surface area contributed by atoms with Gasteiger partial charge >= 0.3 is 63.3 Å². The number of esters is 2. The quantitative estimate of drug-likeness (QED) is 0.0210. The van der Waals surface area contributed by atoms with Gasteiger partial charge in [-0.1, -0.05) is 263 Å². The van der Waals surface area contributed by atoms with Crippen LogP contribution in [0.2, 0.25) is 0 Å². The van der Waals surface area contributed by atoms with Gasteiger partial charge in [0.15, 0.2) is 0 Å². The zero-order valence-corrected chi connectivity index (χ0v) is 46.4. The summed E-state index contributed by atoms with van der Waals surface area (Å²) in [6.07, 6.45) is 59.7. The molecule has 7 nitrogen and oxygen atoms in total. The van der Waals surface area contributed by atoms with Crippen LogP contribution in [0.25, 0.3) is 0 Å². The number of allylic oxidation sites excluding steroid dienone is 2. The number of hydrogen-bond acceptors (Lipinski definition) is 7. The normalized spacial score (nSPS) is 11.7. The minimum absolute atomic E-state index is 0. The van der Waals surface area contributed by atoms with Gasteiger partial charge in [0.1, 0.15) is 10.1 Å². The summed E-state index contributed by atoms with van der Waals surface area (Å²) in [6.45, 7) is 4.63. The van der Waals surface area contributed by atoms with Crippen molar-refractivity contribution in [2.24, 2.45) is 0 Å². The number of ether oxygens (including phenoxy) is 2. The molecule has 0 saturated carbocycles. The molecule has 1 aromatic carbocycles. The van der Waals surface area contributed by atoms with Gasteiger partial charge in [0.2, 0.25) is 0 Å². The molecule has 1 aromatic rings. The Bertz CT molecular complexity index is 1410. The van der Waals surface area contributed by atoms with E-state index in [0.29, 0.717) is 12.8 Å². The van der Waals surface area contributed by atoms with Crippen molar-refractivity contribution in [1.82, 2.24) is 0 Å². The molecule has 0 aliphatic rings. The summed E-state index contributed by atoms with van der Waals surface area (Å²) in [5, 5.41) is 0. The number of unbranched alkanes of at least 4 members (excludes halogenated alkanes) is 36. The van der Waals surface area contributed by atoms with E-state index in [1.807, 2.05) is 12.2 Å². The van der Waals surface area contributed by atoms with E-state index < -0.39 is 32.5 Å². The summed E-state index contributed by atoms with van der Waals surface area (Å²) in [7, 11) is -5.04. The van der Waals surface area contributed by atoms with Crippen molar-refractivity contribution in [1.29, 1.82) is 0 Å². The summed E-state index contributed by atoms with van der Waals surface area (Å²) < 4.78 is 46.8. The predicted octanol–water partition coefficient (Wildman–Crippen LogP) is 14.7. The smallest absolute Gasteiger partial charge is 0.744 e. The third kappa shape index (κ3) is 39.7. The van der Waals surface area contributed by atoms with Crippen LogP contribution in [0.4, 0.5) is 0 Å². The molecule has 0 aromatic heterocycles. The molecule has 0 bridgehead atoms. The average molecular weight is 954 g/mol. The standard InChI is InChI=1S/C56H98O7S.K/c1-3-5-7-9-11-13-15-17-19-21-23-25-27-29-31-33-35-37-39-41-43-45-50-62-55(57)52-48-47-49-53(64(59,60)61)54(52)56(58)63-51-46-44-42-40-38-36-34-32-30-28-26-24-22-20-18-16-14-12-10-8-6-4-2;/h41-44,47-49H,3-40,45-46,50-51H2,1-2H3,(H,59,60,61);/q;+1/p-1/b43-41+,44-42+;. The van der Waals surface area contributed by atoms with E-state index in [1.54, 1.807) is 0 Å². The van der Waals surface area contributed by atoms with Crippen LogP contribution < -0.4 is 51.4 Å². The molecule has 0 radical (unpaired) electrons. The fourth-order valence-corrected chi connectivity index (χ4v) is 9.20. The molecular weight excluding hydrogens is 856 g/mol. The molecule has 0 atom stereocenters. The average Bonchev–Trinajstić information content (AvgIpc) is 3.28. The number of carbonyl (C=O) groups is 2. The van der Waals surface area contributed by atoms with Gasteiger partial charge in [-0.15, -0.1) is 0 Å². The van der Waals surface area contributed by atoms with Gasteiger partial charge in [0.05, 0.1) is 29.2 Å². The topological polar surface area (TPSA) is 110 Å². The van der Waals surface area contributed by atoms with E-state index in [9.17, 15) is 22.6 Å². The summed E-state index contributed by atoms with van der Waals surface area (Å²) >= 11 is 0. The van der Waals surface area contributed by atoms with Crippen molar-refractivity contribution in [3.05, 3.63) is 53.6 Å². The van der Waals surface area contributed by atoms with Crippen molar-refractivity contribution >= 4 is 22.1 Å². The summed E-state index contributed by atoms with van der Waals surface area (Å²) in [5.74, 6) is -1.89. The molecule has 0 aliphatic heterocycles. The molecule has 0 saturated heterocycles. The maximum Gasteiger partial charge on any atom is 1.00 e. The molecule has 65 heavy (non-hydrogen) atoms. The largest absolute Gasteiger partial charge is 1.00 e. The zero-order chi connectivity index (χ0) is 46.4. The van der Waals surface area contributed by atoms with Gasteiger partial charge in [-0.25, -0.2) is 18.0 Å². The first-order valence-corrected chi connectivity index (χ1v) is 28.5. The van der Waals surface area contributed by atoms with Gasteiger partial charge in [0, 0.05) is 0 Å². The monoisotopic (exact) mass is 953 g/mol. The molecule has 1 rings (SSSR count). The fourth-order valence-electron chi connectivity index (χ4n) is 8.51. The first-order chi connectivity index (χ1) is 31.3. The van der Waals surface area contributed by atoms with E-state index in [2.05, 4.69) is 26.0 Å². The Labute approximate surface area is 443 Å². The van der Waals surface area contributed by atoms with Gasteiger partial charge in [-0.3, -0.25) is 0 Å². The number of benzene rings is 1. The summed E-state index contributed by atoms with van der Waals surface area (Å²) in [4.78, 5) is 25.3. The Morgan fingerprint density at radius 1 is 0.431 bits per heavy atom. The Hall–Kier alpha value is -0.814. The van der Waals surface area contributed by atoms with E-state index in [1.165, 1.54) is 230 Å². The molecule has 0 unspecified atom stereocenters. The molecule has 370 valence electrons. The molecule has 0 fully saturated rings. The van der Waals surface area contributed by atoms with Crippen LogP contribution in [0.3, 0.4) is 0 Å². The second-order valence-electron chi connectivity index (χ2n) is 18.5. The van der Waals surface area contributed by atoms with Crippen LogP contribution in [-0.2, 0) is 19.6 Å². The van der Waals surface area contributed by atoms with Crippen molar-refractivity contribution in [2.75, 3.05) is 13.2 Å². The third-order valence-corrected chi connectivity index (χ3v) is 13.4. The minimum Gasteiger partial charge on any atom is -0.744 e. The first kappa shape index (κ1) is 64.2. The van der Waals surface area contributed by atoms with Crippen molar-refractivity contribution in [2.45, 2.75) is 276 Å². The molecule has 0 amide bonds. The summed E-state index contributed by atoms with van der Waals surface area (Å²) in [6, 6.07) is 3.58. The zero-order valence-electron chi connectivity index (χ0n) is 42.5. The van der Waals surface area contributed by atoms with E-state index in [4.69, 9.17) is 9.47 Å². The van der Waals surface area contributed by atoms with E-state index in [0.717, 1.165) is 31.7 Å². The minimum atomic E-state index is -5.04. The summed E-state index contributed by atoms with van der Waals surface area (Å²) in [5.41, 5.74) is -0.843. The second kappa shape index (κ2) is 48.2. The van der Waals surface area contributed by atoms with Gasteiger partial charge in [0.25, 0.3) is 0 Å². The van der Waals surface area contributed by atoms with Gasteiger partial charge in [-0.2, -0.15) is 0 Å². The van der Waals surface area contributed by atoms with Crippen LogP contribution in [0.1, 0.15) is 291 Å². The SMILES string of the molecule is CCCCCCCCCCCCCCCCCCCC/C=C/CCOC(=O)c1cccc(S(=O)(=O)[O-])c1C(=O)OCC/C=C/CCCCCCCCCCCCCCCCCCCC.[K+]. The van der Waals surface area contributed by atoms with Gasteiger partial charge < -0.3 is 14.0 Å². The van der Waals surface area contributed by atoms with Crippen LogP contribution in [0.5, 0.6) is 0 Å². The van der Waals surface area contributed by atoms with Crippen molar-refractivity contribution in [3.8, 4) is 0 Å². The molecule has 9 heteroatoms. The van der Waals surface area contributed by atoms with Crippen molar-refractivity contribution < 1.29 is 83.4 Å². The van der Waals surface area contributed by atoms with Crippen molar-refractivity contribution in [3.63, 3.8) is 0 Å². The first-order valence-electron chi connectivity index (χ1n) is 27.1.